The second kappa shape index (κ2) is 6.71. The van der Waals surface area contributed by atoms with Gasteiger partial charge in [0.25, 0.3) is 0 Å². The Morgan fingerprint density at radius 2 is 2.00 bits per heavy atom. The molecule has 0 radical (unpaired) electrons. The standard InChI is InChI=1S/C18H24N2O3/c1-3-16-12-19(8-9-23-16)18(22)17-10-14-6-4-5-7-15(14)11-20(17)13(2)21/h4-7,16-17H,3,8-12H2,1-2H3/t16-,17+/m1/s1. The number of morpholine rings is 1. The van der Waals surface area contributed by atoms with Crippen LogP contribution in [0.5, 0.6) is 0 Å². The van der Waals surface area contributed by atoms with Gasteiger partial charge in [-0.15, -0.1) is 0 Å². The Labute approximate surface area is 137 Å². The minimum Gasteiger partial charge on any atom is -0.375 e. The quantitative estimate of drug-likeness (QED) is 0.833. The summed E-state index contributed by atoms with van der Waals surface area (Å²) >= 11 is 0. The number of fused-ring (bicyclic) bond motifs is 1. The van der Waals surface area contributed by atoms with E-state index in [2.05, 4.69) is 13.0 Å². The zero-order valence-electron chi connectivity index (χ0n) is 13.8. The highest BCUT2D eigenvalue weighted by Crippen LogP contribution is 2.25. The maximum absolute atomic E-state index is 13.0. The largest absolute Gasteiger partial charge is 0.375 e. The van der Waals surface area contributed by atoms with Crippen LogP contribution in [-0.4, -0.2) is 53.5 Å². The summed E-state index contributed by atoms with van der Waals surface area (Å²) in [6, 6.07) is 7.67. The van der Waals surface area contributed by atoms with Crippen LogP contribution < -0.4 is 0 Å². The Hall–Kier alpha value is -1.88. The van der Waals surface area contributed by atoms with E-state index in [9.17, 15) is 9.59 Å². The van der Waals surface area contributed by atoms with Gasteiger partial charge in [0.2, 0.25) is 11.8 Å². The van der Waals surface area contributed by atoms with Crippen molar-refractivity contribution in [3.8, 4) is 0 Å². The zero-order valence-corrected chi connectivity index (χ0v) is 13.8. The van der Waals surface area contributed by atoms with Crippen molar-refractivity contribution in [3.63, 3.8) is 0 Å². The fourth-order valence-electron chi connectivity index (χ4n) is 3.45. The van der Waals surface area contributed by atoms with Gasteiger partial charge in [-0.05, 0) is 17.5 Å². The van der Waals surface area contributed by atoms with Gasteiger partial charge in [-0.3, -0.25) is 9.59 Å². The van der Waals surface area contributed by atoms with E-state index in [0.29, 0.717) is 32.7 Å². The Kier molecular flexibility index (Phi) is 4.66. The number of rotatable bonds is 2. The molecule has 1 fully saturated rings. The molecule has 2 aliphatic rings. The number of amides is 2. The lowest BCUT2D eigenvalue weighted by Gasteiger charge is -2.40. The van der Waals surface area contributed by atoms with Crippen molar-refractivity contribution in [3.05, 3.63) is 35.4 Å². The van der Waals surface area contributed by atoms with Crippen LogP contribution in [-0.2, 0) is 27.3 Å². The van der Waals surface area contributed by atoms with Gasteiger partial charge in [0.1, 0.15) is 6.04 Å². The molecule has 0 bridgehead atoms. The molecule has 5 nitrogen and oxygen atoms in total. The lowest BCUT2D eigenvalue weighted by atomic mass is 9.93. The van der Waals surface area contributed by atoms with E-state index in [1.54, 1.807) is 11.8 Å². The summed E-state index contributed by atoms with van der Waals surface area (Å²) in [5.41, 5.74) is 2.31. The lowest BCUT2D eigenvalue weighted by molar-refractivity contribution is -0.151. The molecule has 1 aromatic carbocycles. The zero-order chi connectivity index (χ0) is 16.4. The maximum Gasteiger partial charge on any atom is 0.245 e. The average molecular weight is 316 g/mol. The van der Waals surface area contributed by atoms with E-state index in [-0.39, 0.29) is 17.9 Å². The molecule has 2 amide bonds. The third kappa shape index (κ3) is 3.24. The molecule has 0 aliphatic carbocycles. The molecule has 0 aromatic heterocycles. The molecule has 0 N–H and O–H groups in total. The summed E-state index contributed by atoms with van der Waals surface area (Å²) in [5, 5.41) is 0. The highest BCUT2D eigenvalue weighted by molar-refractivity contribution is 5.88. The van der Waals surface area contributed by atoms with E-state index in [4.69, 9.17) is 4.74 Å². The summed E-state index contributed by atoms with van der Waals surface area (Å²) in [6.07, 6.45) is 1.60. The molecule has 3 rings (SSSR count). The van der Waals surface area contributed by atoms with Crippen molar-refractivity contribution < 1.29 is 14.3 Å². The third-order valence-corrected chi connectivity index (χ3v) is 4.84. The van der Waals surface area contributed by atoms with Gasteiger partial charge in [0, 0.05) is 33.0 Å². The van der Waals surface area contributed by atoms with Gasteiger partial charge in [-0.2, -0.15) is 0 Å². The second-order valence-corrected chi connectivity index (χ2v) is 6.32. The highest BCUT2D eigenvalue weighted by atomic mass is 16.5. The van der Waals surface area contributed by atoms with E-state index in [1.165, 1.54) is 5.56 Å². The molecule has 5 heteroatoms. The van der Waals surface area contributed by atoms with Crippen LogP contribution in [0.3, 0.4) is 0 Å². The van der Waals surface area contributed by atoms with Crippen LogP contribution in [0.15, 0.2) is 24.3 Å². The van der Waals surface area contributed by atoms with Crippen LogP contribution in [0.1, 0.15) is 31.4 Å². The molecular weight excluding hydrogens is 292 g/mol. The Bertz CT molecular complexity index is 602. The smallest absolute Gasteiger partial charge is 0.245 e. The van der Waals surface area contributed by atoms with Crippen molar-refractivity contribution in [2.45, 2.75) is 45.4 Å². The molecule has 2 atom stereocenters. The van der Waals surface area contributed by atoms with Crippen molar-refractivity contribution in [1.29, 1.82) is 0 Å². The number of ether oxygens (including phenoxy) is 1. The Balaban J connectivity index is 1.81. The van der Waals surface area contributed by atoms with Gasteiger partial charge < -0.3 is 14.5 Å². The topological polar surface area (TPSA) is 49.9 Å². The van der Waals surface area contributed by atoms with Gasteiger partial charge in [0.05, 0.1) is 12.7 Å². The summed E-state index contributed by atoms with van der Waals surface area (Å²) in [5.74, 6) is 0.00890. The number of nitrogens with zero attached hydrogens (tertiary/aromatic N) is 2. The van der Waals surface area contributed by atoms with Crippen molar-refractivity contribution >= 4 is 11.8 Å². The summed E-state index contributed by atoms with van der Waals surface area (Å²) in [4.78, 5) is 28.6. The normalized spacial score (nSPS) is 24.3. The Morgan fingerprint density at radius 1 is 1.26 bits per heavy atom. The first-order valence-corrected chi connectivity index (χ1v) is 8.34. The number of hydrogen-bond acceptors (Lipinski definition) is 3. The van der Waals surface area contributed by atoms with Crippen LogP contribution in [0.25, 0.3) is 0 Å². The van der Waals surface area contributed by atoms with Crippen molar-refractivity contribution in [1.82, 2.24) is 9.80 Å². The minimum atomic E-state index is -0.391. The predicted octanol–water partition coefficient (Wildman–Crippen LogP) is 1.60. The summed E-state index contributed by atoms with van der Waals surface area (Å²) in [7, 11) is 0. The molecular formula is C18H24N2O3. The molecule has 0 unspecified atom stereocenters. The van der Waals surface area contributed by atoms with Crippen LogP contribution in [0.2, 0.25) is 0 Å². The molecule has 1 saturated heterocycles. The van der Waals surface area contributed by atoms with E-state index in [1.807, 2.05) is 23.1 Å². The molecule has 2 aliphatic heterocycles. The highest BCUT2D eigenvalue weighted by Gasteiger charge is 2.36. The average Bonchev–Trinajstić information content (AvgIpc) is 2.59. The number of benzene rings is 1. The first kappa shape index (κ1) is 16.0. The summed E-state index contributed by atoms with van der Waals surface area (Å²) in [6.45, 7) is 5.94. The second-order valence-electron chi connectivity index (χ2n) is 6.32. The van der Waals surface area contributed by atoms with E-state index in [0.717, 1.165) is 12.0 Å². The number of hydrogen-bond donors (Lipinski definition) is 0. The Morgan fingerprint density at radius 3 is 2.70 bits per heavy atom. The fraction of sp³-hybridized carbons (Fsp3) is 0.556. The number of carbonyl (C=O) groups is 2. The van der Waals surface area contributed by atoms with Gasteiger partial charge in [-0.1, -0.05) is 31.2 Å². The van der Waals surface area contributed by atoms with Crippen LogP contribution >= 0.6 is 0 Å². The first-order chi connectivity index (χ1) is 11.1. The third-order valence-electron chi connectivity index (χ3n) is 4.84. The number of carbonyl (C=O) groups excluding carboxylic acids is 2. The van der Waals surface area contributed by atoms with Gasteiger partial charge >= 0.3 is 0 Å². The maximum atomic E-state index is 13.0. The monoisotopic (exact) mass is 316 g/mol. The van der Waals surface area contributed by atoms with Crippen molar-refractivity contribution in [2.24, 2.45) is 0 Å². The van der Waals surface area contributed by atoms with Crippen LogP contribution in [0.4, 0.5) is 0 Å². The van der Waals surface area contributed by atoms with Gasteiger partial charge in [0.15, 0.2) is 0 Å². The molecule has 1 aromatic rings. The molecule has 124 valence electrons. The van der Waals surface area contributed by atoms with Gasteiger partial charge in [-0.25, -0.2) is 0 Å². The lowest BCUT2D eigenvalue weighted by Crippen LogP contribution is -2.56. The molecule has 0 spiro atoms. The first-order valence-electron chi connectivity index (χ1n) is 8.34. The molecule has 23 heavy (non-hydrogen) atoms. The minimum absolute atomic E-state index is 0.0434. The van der Waals surface area contributed by atoms with Crippen LogP contribution in [0, 0.1) is 0 Å². The molecule has 0 saturated carbocycles. The fourth-order valence-corrected chi connectivity index (χ4v) is 3.45. The summed E-state index contributed by atoms with van der Waals surface area (Å²) < 4.78 is 5.65. The van der Waals surface area contributed by atoms with Crippen molar-refractivity contribution in [2.75, 3.05) is 19.7 Å². The molecule has 2 heterocycles. The van der Waals surface area contributed by atoms with E-state index < -0.39 is 6.04 Å². The predicted molar refractivity (Wildman–Crippen MR) is 86.8 cm³/mol. The SMILES string of the molecule is CC[C@@H]1CN(C(=O)[C@@H]2Cc3ccccc3CN2C(C)=O)CCO1. The van der Waals surface area contributed by atoms with E-state index >= 15 is 0 Å².